The molecule has 0 spiro atoms. The van der Waals surface area contributed by atoms with Crippen molar-refractivity contribution in [2.75, 3.05) is 0 Å². The molecule has 0 saturated carbocycles. The monoisotopic (exact) mass is 181 g/mol. The lowest BCUT2D eigenvalue weighted by atomic mass is 10.3. The van der Waals surface area contributed by atoms with Crippen LogP contribution in [-0.2, 0) is 0 Å². The minimum absolute atomic E-state index is 0.303. The molecule has 0 saturated heterocycles. The van der Waals surface area contributed by atoms with Crippen LogP contribution in [0.15, 0.2) is 23.7 Å². The number of hydrogen-bond acceptors (Lipinski definition) is 3. The van der Waals surface area contributed by atoms with Crippen molar-refractivity contribution in [2.45, 2.75) is 13.8 Å². The van der Waals surface area contributed by atoms with Gasteiger partial charge in [0.25, 0.3) is 0 Å². The van der Waals surface area contributed by atoms with E-state index in [0.717, 1.165) is 10.2 Å². The summed E-state index contributed by atoms with van der Waals surface area (Å²) in [5, 5.41) is 9.03. The number of nitrogens with zero attached hydrogens (tertiary/aromatic N) is 1. The van der Waals surface area contributed by atoms with Crippen LogP contribution in [0.25, 0.3) is 10.2 Å². The maximum Gasteiger partial charge on any atom is 0.117 e. The van der Waals surface area contributed by atoms with Gasteiger partial charge in [0.05, 0.1) is 15.7 Å². The Bertz CT molecular complexity index is 356. The van der Waals surface area contributed by atoms with Gasteiger partial charge < -0.3 is 5.11 Å². The first-order chi connectivity index (χ1) is 5.86. The van der Waals surface area contributed by atoms with Gasteiger partial charge in [0.15, 0.2) is 0 Å². The van der Waals surface area contributed by atoms with Gasteiger partial charge in [0.2, 0.25) is 0 Å². The summed E-state index contributed by atoms with van der Waals surface area (Å²) in [5.74, 6) is 0.303. The second kappa shape index (κ2) is 4.07. The summed E-state index contributed by atoms with van der Waals surface area (Å²) in [4.78, 5) is 4.07. The maximum absolute atomic E-state index is 9.03. The van der Waals surface area contributed by atoms with E-state index in [-0.39, 0.29) is 0 Å². The Morgan fingerprint density at radius 1 is 1.33 bits per heavy atom. The number of thiazole rings is 1. The smallest absolute Gasteiger partial charge is 0.117 e. The van der Waals surface area contributed by atoms with Crippen molar-refractivity contribution >= 4 is 21.6 Å². The Labute approximate surface area is 75.5 Å². The molecule has 0 unspecified atom stereocenters. The molecule has 3 heteroatoms. The molecule has 1 aromatic heterocycles. The van der Waals surface area contributed by atoms with Crippen LogP contribution in [0.5, 0.6) is 5.75 Å². The van der Waals surface area contributed by atoms with Gasteiger partial charge in [-0.15, -0.1) is 11.3 Å². The third-order valence-electron chi connectivity index (χ3n) is 1.31. The number of aromatic hydroxyl groups is 1. The fourth-order valence-corrected chi connectivity index (χ4v) is 1.55. The molecule has 64 valence electrons. The molecular formula is C9H11NOS. The number of fused-ring (bicyclic) bond motifs is 1. The summed E-state index contributed by atoms with van der Waals surface area (Å²) in [7, 11) is 0. The molecule has 0 radical (unpaired) electrons. The Morgan fingerprint density at radius 2 is 2.08 bits per heavy atom. The van der Waals surface area contributed by atoms with E-state index in [1.807, 2.05) is 13.8 Å². The maximum atomic E-state index is 9.03. The fourth-order valence-electron chi connectivity index (χ4n) is 0.844. The number of rotatable bonds is 0. The van der Waals surface area contributed by atoms with Crippen LogP contribution in [0.1, 0.15) is 13.8 Å². The summed E-state index contributed by atoms with van der Waals surface area (Å²) < 4.78 is 1.03. The van der Waals surface area contributed by atoms with Crippen molar-refractivity contribution in [2.24, 2.45) is 0 Å². The minimum atomic E-state index is 0.303. The SMILES string of the molecule is CC.Oc1ccc2ncsc2c1. The van der Waals surface area contributed by atoms with E-state index in [1.165, 1.54) is 11.3 Å². The average molecular weight is 181 g/mol. The predicted octanol–water partition coefficient (Wildman–Crippen LogP) is 3.03. The van der Waals surface area contributed by atoms with E-state index in [1.54, 1.807) is 23.7 Å². The van der Waals surface area contributed by atoms with E-state index >= 15 is 0 Å². The van der Waals surface area contributed by atoms with Crippen LogP contribution < -0.4 is 0 Å². The number of phenolic OH excluding ortho intramolecular Hbond substituents is 1. The van der Waals surface area contributed by atoms with Gasteiger partial charge in [-0.1, -0.05) is 13.8 Å². The van der Waals surface area contributed by atoms with Gasteiger partial charge in [-0.25, -0.2) is 4.98 Å². The molecule has 0 atom stereocenters. The third-order valence-corrected chi connectivity index (χ3v) is 2.11. The molecule has 0 aliphatic heterocycles. The summed E-state index contributed by atoms with van der Waals surface area (Å²) in [6.07, 6.45) is 0. The van der Waals surface area contributed by atoms with Crippen molar-refractivity contribution in [3.63, 3.8) is 0 Å². The highest BCUT2D eigenvalue weighted by Gasteiger charge is 1.95. The molecule has 1 heterocycles. The van der Waals surface area contributed by atoms with Crippen LogP contribution in [-0.4, -0.2) is 10.1 Å². The number of aromatic nitrogens is 1. The summed E-state index contributed by atoms with van der Waals surface area (Å²) in [5.41, 5.74) is 2.72. The van der Waals surface area contributed by atoms with E-state index in [2.05, 4.69) is 4.98 Å². The largest absolute Gasteiger partial charge is 0.508 e. The fraction of sp³-hybridized carbons (Fsp3) is 0.222. The molecule has 12 heavy (non-hydrogen) atoms. The van der Waals surface area contributed by atoms with E-state index in [4.69, 9.17) is 5.11 Å². The van der Waals surface area contributed by atoms with Gasteiger partial charge in [-0.2, -0.15) is 0 Å². The average Bonchev–Trinajstić information content (AvgIpc) is 2.54. The zero-order valence-corrected chi connectivity index (χ0v) is 7.93. The highest BCUT2D eigenvalue weighted by Crippen LogP contribution is 2.21. The quantitative estimate of drug-likeness (QED) is 0.677. The Hall–Kier alpha value is -1.09. The molecule has 2 rings (SSSR count). The Kier molecular flexibility index (Phi) is 3.05. The molecule has 2 nitrogen and oxygen atoms in total. The van der Waals surface area contributed by atoms with Gasteiger partial charge >= 0.3 is 0 Å². The zero-order valence-electron chi connectivity index (χ0n) is 7.11. The highest BCUT2D eigenvalue weighted by molar-refractivity contribution is 7.16. The van der Waals surface area contributed by atoms with Crippen LogP contribution in [0.4, 0.5) is 0 Å². The third kappa shape index (κ3) is 1.74. The van der Waals surface area contributed by atoms with E-state index < -0.39 is 0 Å². The molecule has 2 aromatic rings. The second-order valence-corrected chi connectivity index (χ2v) is 2.89. The number of hydrogen-bond donors (Lipinski definition) is 1. The van der Waals surface area contributed by atoms with Gasteiger partial charge in [-0.05, 0) is 18.2 Å². The van der Waals surface area contributed by atoms with Gasteiger partial charge in [0.1, 0.15) is 5.75 Å². The Morgan fingerprint density at radius 3 is 2.83 bits per heavy atom. The molecule has 0 fully saturated rings. The summed E-state index contributed by atoms with van der Waals surface area (Å²) in [6, 6.07) is 5.16. The predicted molar refractivity (Wildman–Crippen MR) is 52.6 cm³/mol. The molecule has 0 aliphatic rings. The van der Waals surface area contributed by atoms with Crippen LogP contribution in [0.3, 0.4) is 0 Å². The first kappa shape index (κ1) is 9.00. The van der Waals surface area contributed by atoms with Crippen LogP contribution in [0, 0.1) is 0 Å². The minimum Gasteiger partial charge on any atom is -0.508 e. The van der Waals surface area contributed by atoms with E-state index in [0.29, 0.717) is 5.75 Å². The molecular weight excluding hydrogens is 170 g/mol. The molecule has 0 amide bonds. The van der Waals surface area contributed by atoms with Crippen LogP contribution in [0.2, 0.25) is 0 Å². The van der Waals surface area contributed by atoms with Crippen molar-refractivity contribution < 1.29 is 5.11 Å². The zero-order chi connectivity index (χ0) is 8.97. The van der Waals surface area contributed by atoms with Crippen molar-refractivity contribution in [1.29, 1.82) is 0 Å². The number of benzene rings is 1. The van der Waals surface area contributed by atoms with Crippen molar-refractivity contribution in [3.8, 4) is 5.75 Å². The highest BCUT2D eigenvalue weighted by atomic mass is 32.1. The first-order valence-electron chi connectivity index (χ1n) is 3.88. The molecule has 1 N–H and O–H groups in total. The summed E-state index contributed by atoms with van der Waals surface area (Å²) >= 11 is 1.53. The molecule has 0 aliphatic carbocycles. The molecule has 1 aromatic carbocycles. The molecule has 0 bridgehead atoms. The lowest BCUT2D eigenvalue weighted by molar-refractivity contribution is 0.476. The van der Waals surface area contributed by atoms with Crippen LogP contribution >= 0.6 is 11.3 Å². The van der Waals surface area contributed by atoms with E-state index in [9.17, 15) is 0 Å². The van der Waals surface area contributed by atoms with Crippen molar-refractivity contribution in [1.82, 2.24) is 4.98 Å². The second-order valence-electron chi connectivity index (χ2n) is 2.00. The lowest BCUT2D eigenvalue weighted by Gasteiger charge is -1.87. The van der Waals surface area contributed by atoms with Gasteiger partial charge in [-0.3, -0.25) is 0 Å². The normalized spacial score (nSPS) is 9.17. The topological polar surface area (TPSA) is 33.1 Å². The summed E-state index contributed by atoms with van der Waals surface area (Å²) in [6.45, 7) is 4.00. The van der Waals surface area contributed by atoms with Crippen molar-refractivity contribution in [3.05, 3.63) is 23.7 Å². The van der Waals surface area contributed by atoms with Gasteiger partial charge in [0, 0.05) is 0 Å². The first-order valence-corrected chi connectivity index (χ1v) is 4.76. The lowest BCUT2D eigenvalue weighted by Crippen LogP contribution is -1.65. The standard InChI is InChI=1S/C7H5NOS.C2H6/c9-5-1-2-6-7(3-5)10-4-8-6;1-2/h1-4,9H;1-2H3. The number of phenols is 1. The Balaban J connectivity index is 0.000000336.